The Morgan fingerprint density at radius 2 is 2.09 bits per heavy atom. The molecule has 122 valence electrons. The SMILES string of the molecule is Cc1ccc([N+](=O)[O-])cc1N(CC(=O)O)S(=O)(=O)c1cccs1. The Kier molecular flexibility index (Phi) is 4.66. The Morgan fingerprint density at radius 3 is 2.61 bits per heavy atom. The molecule has 0 radical (unpaired) electrons. The second kappa shape index (κ2) is 6.34. The third kappa shape index (κ3) is 3.48. The summed E-state index contributed by atoms with van der Waals surface area (Å²) < 4.78 is 26.0. The van der Waals surface area contributed by atoms with Crippen LogP contribution in [0, 0.1) is 17.0 Å². The van der Waals surface area contributed by atoms with Crippen LogP contribution in [-0.2, 0) is 14.8 Å². The number of thiophene rings is 1. The second-order valence-corrected chi connectivity index (χ2v) is 7.60. The van der Waals surface area contributed by atoms with Gasteiger partial charge < -0.3 is 5.11 Å². The molecular weight excluding hydrogens is 344 g/mol. The number of non-ortho nitro benzene ring substituents is 1. The van der Waals surface area contributed by atoms with Crippen LogP contribution in [0.4, 0.5) is 11.4 Å². The number of carbonyl (C=O) groups is 1. The molecule has 23 heavy (non-hydrogen) atoms. The van der Waals surface area contributed by atoms with Crippen molar-refractivity contribution in [3.63, 3.8) is 0 Å². The van der Waals surface area contributed by atoms with Gasteiger partial charge in [-0.25, -0.2) is 8.42 Å². The third-order valence-corrected chi connectivity index (χ3v) is 6.12. The molecule has 1 aromatic carbocycles. The van der Waals surface area contributed by atoms with E-state index in [1.807, 2.05) is 0 Å². The van der Waals surface area contributed by atoms with Crippen molar-refractivity contribution in [1.29, 1.82) is 0 Å². The molecule has 0 atom stereocenters. The molecule has 0 aliphatic rings. The van der Waals surface area contributed by atoms with E-state index in [4.69, 9.17) is 5.11 Å². The lowest BCUT2D eigenvalue weighted by Crippen LogP contribution is -2.35. The Balaban J connectivity index is 2.63. The number of aliphatic carboxylic acids is 1. The average molecular weight is 356 g/mol. The maximum Gasteiger partial charge on any atom is 0.324 e. The van der Waals surface area contributed by atoms with Gasteiger partial charge in [0, 0.05) is 12.1 Å². The first kappa shape index (κ1) is 16.9. The minimum atomic E-state index is -4.12. The van der Waals surface area contributed by atoms with Crippen molar-refractivity contribution >= 4 is 38.7 Å². The number of nitro groups is 1. The van der Waals surface area contributed by atoms with Gasteiger partial charge in [-0.2, -0.15) is 0 Å². The zero-order valence-electron chi connectivity index (χ0n) is 11.9. The molecule has 0 fully saturated rings. The number of anilines is 1. The lowest BCUT2D eigenvalue weighted by atomic mass is 10.2. The first-order valence-electron chi connectivity index (χ1n) is 6.26. The summed E-state index contributed by atoms with van der Waals surface area (Å²) in [6.07, 6.45) is 0. The summed E-state index contributed by atoms with van der Waals surface area (Å²) in [5, 5.41) is 21.5. The normalized spacial score (nSPS) is 11.2. The Morgan fingerprint density at radius 1 is 1.39 bits per heavy atom. The predicted molar refractivity (Wildman–Crippen MR) is 84.3 cm³/mol. The highest BCUT2D eigenvalue weighted by Crippen LogP contribution is 2.31. The van der Waals surface area contributed by atoms with Gasteiger partial charge in [0.2, 0.25) is 0 Å². The van der Waals surface area contributed by atoms with Crippen LogP contribution >= 0.6 is 11.3 Å². The van der Waals surface area contributed by atoms with Crippen LogP contribution in [0.1, 0.15) is 5.56 Å². The summed E-state index contributed by atoms with van der Waals surface area (Å²) in [5.41, 5.74) is 0.0642. The van der Waals surface area contributed by atoms with E-state index in [1.165, 1.54) is 24.3 Å². The molecule has 0 spiro atoms. The van der Waals surface area contributed by atoms with Crippen molar-refractivity contribution in [2.24, 2.45) is 0 Å². The molecule has 10 heteroatoms. The number of benzene rings is 1. The fraction of sp³-hybridized carbons (Fsp3) is 0.154. The van der Waals surface area contributed by atoms with E-state index in [0.717, 1.165) is 17.4 Å². The van der Waals surface area contributed by atoms with E-state index >= 15 is 0 Å². The number of carboxylic acid groups (broad SMARTS) is 1. The summed E-state index contributed by atoms with van der Waals surface area (Å²) in [7, 11) is -4.12. The van der Waals surface area contributed by atoms with Crippen molar-refractivity contribution in [2.45, 2.75) is 11.1 Å². The van der Waals surface area contributed by atoms with Crippen molar-refractivity contribution in [3.05, 3.63) is 51.4 Å². The van der Waals surface area contributed by atoms with Crippen LogP contribution in [0.5, 0.6) is 0 Å². The Hall–Kier alpha value is -2.46. The third-order valence-electron chi connectivity index (χ3n) is 2.99. The molecule has 1 aromatic heterocycles. The predicted octanol–water partition coefficient (Wildman–Crippen LogP) is 2.24. The van der Waals surface area contributed by atoms with Crippen LogP contribution < -0.4 is 4.31 Å². The minimum Gasteiger partial charge on any atom is -0.480 e. The fourth-order valence-electron chi connectivity index (χ4n) is 1.92. The summed E-state index contributed by atoms with van der Waals surface area (Å²) in [6, 6.07) is 6.55. The maximum atomic E-state index is 12.7. The minimum absolute atomic E-state index is 0.0324. The summed E-state index contributed by atoms with van der Waals surface area (Å²) >= 11 is 0.940. The summed E-state index contributed by atoms with van der Waals surface area (Å²) in [4.78, 5) is 21.3. The topological polar surface area (TPSA) is 118 Å². The molecule has 2 rings (SSSR count). The number of rotatable bonds is 6. The molecule has 8 nitrogen and oxygen atoms in total. The monoisotopic (exact) mass is 356 g/mol. The quantitative estimate of drug-likeness (QED) is 0.626. The largest absolute Gasteiger partial charge is 0.480 e. The van der Waals surface area contributed by atoms with Crippen LogP contribution in [0.2, 0.25) is 0 Å². The van der Waals surface area contributed by atoms with Gasteiger partial charge in [-0.15, -0.1) is 11.3 Å². The summed E-state index contributed by atoms with van der Waals surface area (Å²) in [6.45, 7) is 0.722. The van der Waals surface area contributed by atoms with E-state index in [1.54, 1.807) is 12.3 Å². The Labute approximate surface area is 135 Å². The molecule has 1 heterocycles. The van der Waals surface area contributed by atoms with Gasteiger partial charge in [-0.1, -0.05) is 12.1 Å². The van der Waals surface area contributed by atoms with E-state index < -0.39 is 27.5 Å². The maximum absolute atomic E-state index is 12.7. The standard InChI is InChI=1S/C13H12N2O6S2/c1-9-4-5-10(15(18)19)7-11(9)14(8-12(16)17)23(20,21)13-3-2-6-22-13/h2-7H,8H2,1H3,(H,16,17). The second-order valence-electron chi connectivity index (χ2n) is 4.57. The highest BCUT2D eigenvalue weighted by molar-refractivity contribution is 7.94. The van der Waals surface area contributed by atoms with Gasteiger partial charge >= 0.3 is 5.97 Å². The highest BCUT2D eigenvalue weighted by Gasteiger charge is 2.30. The first-order chi connectivity index (χ1) is 10.7. The first-order valence-corrected chi connectivity index (χ1v) is 8.58. The van der Waals surface area contributed by atoms with Gasteiger partial charge in [0.1, 0.15) is 10.8 Å². The lowest BCUT2D eigenvalue weighted by molar-refractivity contribution is -0.384. The van der Waals surface area contributed by atoms with Crippen molar-refractivity contribution in [3.8, 4) is 0 Å². The zero-order valence-corrected chi connectivity index (χ0v) is 13.5. The number of nitrogens with zero attached hydrogens (tertiary/aromatic N) is 2. The molecule has 0 aliphatic carbocycles. The molecule has 0 saturated carbocycles. The average Bonchev–Trinajstić information content (AvgIpc) is 3.00. The number of aryl methyl sites for hydroxylation is 1. The molecule has 0 unspecified atom stereocenters. The van der Waals surface area contributed by atoms with Gasteiger partial charge in [0.25, 0.3) is 15.7 Å². The van der Waals surface area contributed by atoms with Crippen LogP contribution in [0.25, 0.3) is 0 Å². The van der Waals surface area contributed by atoms with Gasteiger partial charge in [0.05, 0.1) is 10.6 Å². The van der Waals surface area contributed by atoms with Gasteiger partial charge in [-0.05, 0) is 23.9 Å². The highest BCUT2D eigenvalue weighted by atomic mass is 32.2. The van der Waals surface area contributed by atoms with Crippen LogP contribution in [-0.4, -0.2) is 31.0 Å². The fourth-order valence-corrected chi connectivity index (χ4v) is 4.50. The van der Waals surface area contributed by atoms with Crippen molar-refractivity contribution < 1.29 is 23.2 Å². The van der Waals surface area contributed by atoms with E-state index in [-0.39, 0.29) is 15.6 Å². The number of hydrogen-bond acceptors (Lipinski definition) is 6. The molecule has 0 aliphatic heterocycles. The van der Waals surface area contributed by atoms with E-state index in [0.29, 0.717) is 9.87 Å². The number of hydrogen-bond donors (Lipinski definition) is 1. The zero-order chi connectivity index (χ0) is 17.2. The van der Waals surface area contributed by atoms with Crippen LogP contribution in [0.15, 0.2) is 39.9 Å². The summed E-state index contributed by atoms with van der Waals surface area (Å²) in [5.74, 6) is -1.36. The smallest absolute Gasteiger partial charge is 0.324 e. The molecule has 2 aromatic rings. The number of nitro benzene ring substituents is 1. The number of carboxylic acids is 1. The van der Waals surface area contributed by atoms with E-state index in [9.17, 15) is 23.3 Å². The lowest BCUT2D eigenvalue weighted by Gasteiger charge is -2.23. The van der Waals surface area contributed by atoms with Crippen molar-refractivity contribution in [1.82, 2.24) is 0 Å². The van der Waals surface area contributed by atoms with E-state index in [2.05, 4.69) is 0 Å². The number of sulfonamides is 1. The van der Waals surface area contributed by atoms with Crippen molar-refractivity contribution in [2.75, 3.05) is 10.8 Å². The molecule has 1 N–H and O–H groups in total. The molecule has 0 bridgehead atoms. The molecular formula is C13H12N2O6S2. The van der Waals surface area contributed by atoms with Gasteiger partial charge in [0.15, 0.2) is 0 Å². The molecule has 0 amide bonds. The Bertz CT molecular complexity index is 845. The van der Waals surface area contributed by atoms with Crippen LogP contribution in [0.3, 0.4) is 0 Å². The van der Waals surface area contributed by atoms with Gasteiger partial charge in [-0.3, -0.25) is 19.2 Å². The molecule has 0 saturated heterocycles.